The van der Waals surface area contributed by atoms with Gasteiger partial charge in [0.2, 0.25) is 0 Å². The molecule has 0 radical (unpaired) electrons. The molecule has 33 heavy (non-hydrogen) atoms. The van der Waals surface area contributed by atoms with Gasteiger partial charge in [-0.3, -0.25) is 19.4 Å². The van der Waals surface area contributed by atoms with Gasteiger partial charge in [0.1, 0.15) is 29.8 Å². The van der Waals surface area contributed by atoms with Crippen LogP contribution < -0.4 is 14.5 Å². The van der Waals surface area contributed by atoms with E-state index in [9.17, 15) is 14.4 Å². The van der Waals surface area contributed by atoms with Crippen molar-refractivity contribution >= 4 is 29.1 Å². The van der Waals surface area contributed by atoms with Crippen molar-refractivity contribution in [3.8, 4) is 11.5 Å². The fourth-order valence-electron chi connectivity index (χ4n) is 3.56. The van der Waals surface area contributed by atoms with Crippen molar-refractivity contribution in [2.24, 2.45) is 5.10 Å². The van der Waals surface area contributed by atoms with Crippen LogP contribution in [0.2, 0.25) is 0 Å². The number of amides is 1. The van der Waals surface area contributed by atoms with Crippen LogP contribution in [0, 0.1) is 0 Å². The summed E-state index contributed by atoms with van der Waals surface area (Å²) in [6.07, 6.45) is 0.141. The van der Waals surface area contributed by atoms with E-state index in [1.165, 1.54) is 33.2 Å². The number of esters is 1. The zero-order valence-electron chi connectivity index (χ0n) is 19.1. The molecule has 3 rings (SSSR count). The molecule has 1 aliphatic rings. The largest absolute Gasteiger partial charge is 0.497 e. The Balaban J connectivity index is 1.92. The zero-order valence-corrected chi connectivity index (χ0v) is 19.1. The molecule has 2 aromatic rings. The quantitative estimate of drug-likeness (QED) is 0.538. The number of carbonyl (C=O) groups excluding carboxylic acids is 3. The molecule has 1 atom stereocenters. The molecule has 2 aromatic carbocycles. The lowest BCUT2D eigenvalue weighted by molar-refractivity contribution is -0.145. The van der Waals surface area contributed by atoms with Crippen LogP contribution in [0.25, 0.3) is 0 Å². The Labute approximate surface area is 192 Å². The number of hydrogen-bond acceptors (Lipinski definition) is 8. The monoisotopic (exact) mass is 453 g/mol. The molecule has 0 aromatic heterocycles. The van der Waals surface area contributed by atoms with E-state index in [1.807, 2.05) is 30.3 Å². The Morgan fingerprint density at radius 2 is 1.67 bits per heavy atom. The fourth-order valence-corrected chi connectivity index (χ4v) is 3.56. The van der Waals surface area contributed by atoms with E-state index in [2.05, 4.69) is 5.10 Å². The van der Waals surface area contributed by atoms with Gasteiger partial charge in [0.15, 0.2) is 5.78 Å². The molecule has 0 aliphatic carbocycles. The Bertz CT molecular complexity index is 1030. The first-order chi connectivity index (χ1) is 15.9. The Morgan fingerprint density at radius 1 is 1.03 bits per heavy atom. The van der Waals surface area contributed by atoms with E-state index in [-0.39, 0.29) is 31.0 Å². The van der Waals surface area contributed by atoms with E-state index in [0.29, 0.717) is 22.7 Å². The molecule has 0 spiro atoms. The summed E-state index contributed by atoms with van der Waals surface area (Å²) in [5.41, 5.74) is 1.60. The fraction of sp³-hybridized carbons (Fsp3) is 0.333. The van der Waals surface area contributed by atoms with E-state index < -0.39 is 17.9 Å². The van der Waals surface area contributed by atoms with Gasteiger partial charge in [0.25, 0.3) is 5.91 Å². The third kappa shape index (κ3) is 5.68. The topological polar surface area (TPSA) is 97.7 Å². The van der Waals surface area contributed by atoms with Gasteiger partial charge >= 0.3 is 5.97 Å². The number of rotatable bonds is 9. The zero-order chi connectivity index (χ0) is 24.0. The number of anilines is 1. The molecular weight excluding hydrogens is 426 g/mol. The molecule has 0 N–H and O–H groups in total. The van der Waals surface area contributed by atoms with Gasteiger partial charge in [-0.2, -0.15) is 5.10 Å². The number of carbonyl (C=O) groups is 3. The van der Waals surface area contributed by atoms with E-state index in [1.54, 1.807) is 23.2 Å². The third-order valence-corrected chi connectivity index (χ3v) is 5.27. The van der Waals surface area contributed by atoms with Gasteiger partial charge in [0, 0.05) is 19.0 Å². The molecule has 1 unspecified atom stereocenters. The maximum absolute atomic E-state index is 13.4. The van der Waals surface area contributed by atoms with Crippen LogP contribution in [0.3, 0.4) is 0 Å². The summed E-state index contributed by atoms with van der Waals surface area (Å²) in [6.45, 7) is 1.29. The van der Waals surface area contributed by atoms with Crippen molar-refractivity contribution in [2.75, 3.05) is 32.9 Å². The Hall–Kier alpha value is -3.88. The van der Waals surface area contributed by atoms with Crippen molar-refractivity contribution < 1.29 is 28.6 Å². The van der Waals surface area contributed by atoms with E-state index >= 15 is 0 Å². The third-order valence-electron chi connectivity index (χ3n) is 5.27. The summed E-state index contributed by atoms with van der Waals surface area (Å²) < 4.78 is 15.4. The lowest BCUT2D eigenvalue weighted by Gasteiger charge is -2.22. The summed E-state index contributed by atoms with van der Waals surface area (Å²) in [5.74, 6) is -0.0194. The lowest BCUT2D eigenvalue weighted by Crippen LogP contribution is -2.40. The minimum Gasteiger partial charge on any atom is -0.497 e. The minimum atomic E-state index is -0.594. The molecule has 1 heterocycles. The Kier molecular flexibility index (Phi) is 7.66. The number of ketones is 1. The van der Waals surface area contributed by atoms with Crippen LogP contribution in [-0.2, 0) is 25.7 Å². The van der Waals surface area contributed by atoms with Gasteiger partial charge in [-0.25, -0.2) is 0 Å². The number of hydrogen-bond donors (Lipinski definition) is 0. The first-order valence-electron chi connectivity index (χ1n) is 10.4. The van der Waals surface area contributed by atoms with Crippen LogP contribution in [0.15, 0.2) is 53.6 Å². The Morgan fingerprint density at radius 3 is 2.21 bits per heavy atom. The van der Waals surface area contributed by atoms with Gasteiger partial charge < -0.3 is 19.1 Å². The normalized spacial score (nSPS) is 15.0. The highest BCUT2D eigenvalue weighted by atomic mass is 16.5. The van der Waals surface area contributed by atoms with E-state index in [0.717, 1.165) is 0 Å². The summed E-state index contributed by atoms with van der Waals surface area (Å²) in [5, 5.41) is 6.02. The number of nitrogens with zero attached hydrogens (tertiary/aromatic N) is 3. The molecule has 1 aliphatic heterocycles. The first kappa shape index (κ1) is 23.8. The molecule has 0 saturated carbocycles. The van der Waals surface area contributed by atoms with Gasteiger partial charge in [-0.15, -0.1) is 0 Å². The number of benzene rings is 2. The molecule has 0 saturated heterocycles. The number of methoxy groups -OCH3 is 3. The molecule has 0 bridgehead atoms. The standard InChI is InChI=1S/C24H27N3O6/c1-16(28)22-13-21(25-27(22)18-8-6-5-7-9-18)24(30)26(15-23(29)33-4)14-17-10-19(31-2)12-20(11-17)32-3/h5-12,22H,13-15H2,1-4H3. The number of para-hydroxylation sites is 1. The summed E-state index contributed by atoms with van der Waals surface area (Å²) in [7, 11) is 4.32. The SMILES string of the molecule is COC(=O)CN(Cc1cc(OC)cc(OC)c1)C(=O)C1=NN(c2ccccc2)C(C(C)=O)C1. The van der Waals surface area contributed by atoms with Crippen molar-refractivity contribution in [1.82, 2.24) is 4.90 Å². The first-order valence-corrected chi connectivity index (χ1v) is 10.4. The molecule has 1 amide bonds. The predicted molar refractivity (Wildman–Crippen MR) is 122 cm³/mol. The highest BCUT2D eigenvalue weighted by Gasteiger charge is 2.36. The van der Waals surface area contributed by atoms with Crippen molar-refractivity contribution in [2.45, 2.75) is 25.9 Å². The van der Waals surface area contributed by atoms with Crippen LogP contribution in [0.1, 0.15) is 18.9 Å². The number of hydrazone groups is 1. The second kappa shape index (κ2) is 10.6. The van der Waals surface area contributed by atoms with Gasteiger partial charge in [-0.1, -0.05) is 18.2 Å². The summed E-state index contributed by atoms with van der Waals surface area (Å²) in [6, 6.07) is 13.8. The second-order valence-electron chi connectivity index (χ2n) is 7.52. The number of ether oxygens (including phenoxy) is 3. The molecule has 9 heteroatoms. The van der Waals surface area contributed by atoms with Crippen molar-refractivity contribution in [1.29, 1.82) is 0 Å². The van der Waals surface area contributed by atoms with Gasteiger partial charge in [-0.05, 0) is 36.8 Å². The predicted octanol–water partition coefficient (Wildman–Crippen LogP) is 2.43. The maximum Gasteiger partial charge on any atom is 0.325 e. The lowest BCUT2D eigenvalue weighted by atomic mass is 10.1. The minimum absolute atomic E-state index is 0.0938. The molecule has 0 fully saturated rings. The van der Waals surface area contributed by atoms with Crippen LogP contribution in [-0.4, -0.2) is 62.2 Å². The maximum atomic E-state index is 13.4. The smallest absolute Gasteiger partial charge is 0.325 e. The van der Waals surface area contributed by atoms with Crippen molar-refractivity contribution in [3.05, 3.63) is 54.1 Å². The van der Waals surface area contributed by atoms with Crippen LogP contribution in [0.5, 0.6) is 11.5 Å². The summed E-state index contributed by atoms with van der Waals surface area (Å²) >= 11 is 0. The highest BCUT2D eigenvalue weighted by Crippen LogP contribution is 2.27. The molecule has 174 valence electrons. The van der Waals surface area contributed by atoms with Crippen molar-refractivity contribution in [3.63, 3.8) is 0 Å². The average molecular weight is 453 g/mol. The second-order valence-corrected chi connectivity index (χ2v) is 7.52. The van der Waals surface area contributed by atoms with Crippen LogP contribution >= 0.6 is 0 Å². The van der Waals surface area contributed by atoms with E-state index in [4.69, 9.17) is 14.2 Å². The molecule has 9 nitrogen and oxygen atoms in total. The average Bonchev–Trinajstić information content (AvgIpc) is 3.29. The summed E-state index contributed by atoms with van der Waals surface area (Å²) in [4.78, 5) is 39.1. The number of Topliss-reactive ketones (excluding diaryl/α,β-unsaturated/α-hetero) is 1. The highest BCUT2D eigenvalue weighted by molar-refractivity contribution is 6.40. The van der Waals surface area contributed by atoms with Crippen LogP contribution in [0.4, 0.5) is 5.69 Å². The molecular formula is C24H27N3O6. The van der Waals surface area contributed by atoms with Gasteiger partial charge in [0.05, 0.1) is 27.0 Å².